The zero-order valence-electron chi connectivity index (χ0n) is 18.1. The highest BCUT2D eigenvalue weighted by Gasteiger charge is 2.58. The summed E-state index contributed by atoms with van der Waals surface area (Å²) >= 11 is 0. The van der Waals surface area contributed by atoms with Gasteiger partial charge in [-0.15, -0.1) is 0 Å². The molecule has 1 aromatic heterocycles. The third kappa shape index (κ3) is 3.24. The molecule has 1 amide bonds. The predicted molar refractivity (Wildman–Crippen MR) is 116 cm³/mol. The van der Waals surface area contributed by atoms with Crippen LogP contribution < -0.4 is 15.5 Å². The maximum absolute atomic E-state index is 14.0. The molecule has 2 aliphatic rings. The van der Waals surface area contributed by atoms with Crippen LogP contribution in [0.4, 0.5) is 13.2 Å². The fourth-order valence-corrected chi connectivity index (χ4v) is 4.78. The van der Waals surface area contributed by atoms with Crippen LogP contribution in [0.5, 0.6) is 5.75 Å². The number of aromatic nitrogens is 2. The Morgan fingerprint density at radius 2 is 1.82 bits per heavy atom. The van der Waals surface area contributed by atoms with Gasteiger partial charge in [-0.2, -0.15) is 13.2 Å². The number of fused-ring (bicyclic) bond motifs is 2. The molecule has 3 unspecified atom stereocenters. The highest BCUT2D eigenvalue weighted by Crippen LogP contribution is 2.42. The summed E-state index contributed by atoms with van der Waals surface area (Å²) in [4.78, 5) is 18.2. The topological polar surface area (TPSA) is 71.4 Å². The van der Waals surface area contributed by atoms with E-state index in [-0.39, 0.29) is 5.57 Å². The Balaban J connectivity index is 1.61. The van der Waals surface area contributed by atoms with Gasteiger partial charge in [-0.3, -0.25) is 4.79 Å². The first kappa shape index (κ1) is 21.3. The number of hydrazine groups is 1. The van der Waals surface area contributed by atoms with Gasteiger partial charge in [-0.05, 0) is 24.6 Å². The molecule has 0 spiro atoms. The van der Waals surface area contributed by atoms with E-state index in [1.54, 1.807) is 74.2 Å². The summed E-state index contributed by atoms with van der Waals surface area (Å²) in [5, 5.41) is 4.20. The van der Waals surface area contributed by atoms with E-state index in [4.69, 9.17) is 4.74 Å². The van der Waals surface area contributed by atoms with Crippen LogP contribution in [0.1, 0.15) is 24.2 Å². The average Bonchev–Trinajstić information content (AvgIpc) is 3.33. The second kappa shape index (κ2) is 7.51. The minimum atomic E-state index is -4.56. The van der Waals surface area contributed by atoms with E-state index in [0.29, 0.717) is 33.9 Å². The van der Waals surface area contributed by atoms with Crippen molar-refractivity contribution in [2.45, 2.75) is 31.2 Å². The Morgan fingerprint density at radius 1 is 1.09 bits per heavy atom. The summed E-state index contributed by atoms with van der Waals surface area (Å²) < 4.78 is 49.1. The van der Waals surface area contributed by atoms with Crippen molar-refractivity contribution < 1.29 is 22.7 Å². The second-order valence-corrected chi connectivity index (χ2v) is 8.17. The molecular formula is C23H22F3N5O2. The molecule has 172 valence electrons. The van der Waals surface area contributed by atoms with Crippen molar-refractivity contribution in [3.8, 4) is 5.75 Å². The van der Waals surface area contributed by atoms with Crippen LogP contribution in [0.25, 0.3) is 16.6 Å². The second-order valence-electron chi connectivity index (χ2n) is 8.17. The van der Waals surface area contributed by atoms with Crippen molar-refractivity contribution in [2.24, 2.45) is 7.05 Å². The first-order chi connectivity index (χ1) is 15.7. The Labute approximate surface area is 187 Å². The van der Waals surface area contributed by atoms with E-state index >= 15 is 0 Å². The average molecular weight is 457 g/mol. The van der Waals surface area contributed by atoms with Gasteiger partial charge in [0, 0.05) is 12.7 Å². The molecule has 0 radical (unpaired) electrons. The number of carbonyl (C=O) groups excluding carboxylic acids is 1. The van der Waals surface area contributed by atoms with E-state index in [2.05, 4.69) is 15.7 Å². The number of rotatable bonds is 3. The fourth-order valence-electron chi connectivity index (χ4n) is 4.78. The number of benzene rings is 2. The van der Waals surface area contributed by atoms with E-state index in [9.17, 15) is 18.0 Å². The summed E-state index contributed by atoms with van der Waals surface area (Å²) in [6, 6.07) is 11.9. The number of para-hydroxylation sites is 1. The number of hydrogen-bond donors (Lipinski definition) is 2. The number of imidazole rings is 1. The van der Waals surface area contributed by atoms with Crippen LogP contribution in [0.2, 0.25) is 0 Å². The first-order valence-corrected chi connectivity index (χ1v) is 10.4. The molecule has 33 heavy (non-hydrogen) atoms. The molecule has 0 bridgehead atoms. The van der Waals surface area contributed by atoms with Crippen molar-refractivity contribution in [3.63, 3.8) is 0 Å². The number of methoxy groups -OCH3 is 1. The van der Waals surface area contributed by atoms with Gasteiger partial charge >= 0.3 is 6.18 Å². The number of aryl methyl sites for hydroxylation is 1. The van der Waals surface area contributed by atoms with E-state index in [1.165, 1.54) is 0 Å². The highest BCUT2D eigenvalue weighted by molar-refractivity contribution is 6.20. The van der Waals surface area contributed by atoms with Crippen LogP contribution >= 0.6 is 0 Å². The zero-order chi connectivity index (χ0) is 23.5. The molecule has 10 heteroatoms. The van der Waals surface area contributed by atoms with E-state index < -0.39 is 30.2 Å². The smallest absolute Gasteiger partial charge is 0.406 e. The lowest BCUT2D eigenvalue weighted by Crippen LogP contribution is -2.54. The first-order valence-electron chi connectivity index (χ1n) is 10.4. The van der Waals surface area contributed by atoms with Gasteiger partial charge < -0.3 is 14.6 Å². The maximum Gasteiger partial charge on any atom is 0.406 e. The minimum absolute atomic E-state index is 0.203. The number of halogens is 3. The summed E-state index contributed by atoms with van der Waals surface area (Å²) in [6.07, 6.45) is -5.46. The van der Waals surface area contributed by atoms with Crippen molar-refractivity contribution in [1.29, 1.82) is 0 Å². The predicted octanol–water partition coefficient (Wildman–Crippen LogP) is 3.30. The summed E-state index contributed by atoms with van der Waals surface area (Å²) in [5.41, 5.74) is 4.89. The van der Waals surface area contributed by atoms with Crippen molar-refractivity contribution in [1.82, 2.24) is 25.3 Å². The SMILES string of the molecule is COc1cccc2nc(C3=C(C)NC4C(c5ccccc5)C(C(F)(F)F)NN4C3=O)n(C)c12. The molecule has 5 rings (SSSR count). The molecule has 0 saturated carbocycles. The number of alkyl halides is 3. The number of nitrogens with one attached hydrogen (secondary N) is 2. The molecule has 1 saturated heterocycles. The number of allylic oxidation sites excluding steroid dienone is 1. The third-order valence-corrected chi connectivity index (χ3v) is 6.27. The van der Waals surface area contributed by atoms with E-state index in [1.807, 2.05) is 0 Å². The molecule has 2 aliphatic heterocycles. The van der Waals surface area contributed by atoms with Gasteiger partial charge in [0.2, 0.25) is 0 Å². The molecule has 0 aliphatic carbocycles. The summed E-state index contributed by atoms with van der Waals surface area (Å²) in [6.45, 7) is 1.68. The fraction of sp³-hybridized carbons (Fsp3) is 0.304. The van der Waals surface area contributed by atoms with Crippen molar-refractivity contribution in [2.75, 3.05) is 7.11 Å². The molecule has 2 N–H and O–H groups in total. The maximum atomic E-state index is 14.0. The van der Waals surface area contributed by atoms with Gasteiger partial charge in [0.05, 0.1) is 18.5 Å². The number of nitrogens with zero attached hydrogens (tertiary/aromatic N) is 3. The lowest BCUT2D eigenvalue weighted by Gasteiger charge is -2.34. The van der Waals surface area contributed by atoms with Crippen LogP contribution in [-0.2, 0) is 11.8 Å². The molecular weight excluding hydrogens is 435 g/mol. The van der Waals surface area contributed by atoms with Gasteiger partial charge in [0.1, 0.15) is 34.9 Å². The van der Waals surface area contributed by atoms with E-state index in [0.717, 1.165) is 5.01 Å². The number of hydrogen-bond acceptors (Lipinski definition) is 5. The molecule has 3 aromatic rings. The molecule has 3 atom stereocenters. The number of carbonyl (C=O) groups is 1. The number of ether oxygens (including phenoxy) is 1. The number of amides is 1. The van der Waals surface area contributed by atoms with Gasteiger partial charge in [0.25, 0.3) is 5.91 Å². The Bertz CT molecular complexity index is 1270. The van der Waals surface area contributed by atoms with Crippen LogP contribution in [-0.4, -0.2) is 46.0 Å². The molecule has 1 fully saturated rings. The van der Waals surface area contributed by atoms with Crippen LogP contribution in [0.15, 0.2) is 54.2 Å². The largest absolute Gasteiger partial charge is 0.494 e. The zero-order valence-corrected chi connectivity index (χ0v) is 18.1. The highest BCUT2D eigenvalue weighted by atomic mass is 19.4. The molecule has 3 heterocycles. The summed E-state index contributed by atoms with van der Waals surface area (Å²) in [5.74, 6) is -0.661. The standard InChI is InChI=1S/C23H22F3N5O2/c1-12-16(20-28-14-10-7-11-15(33-3)18(14)30(20)2)22(32)31-21(27-12)17(13-8-5-4-6-9-13)19(29-31)23(24,25)26/h4-11,17,19,21,27,29H,1-3H3. The van der Waals surface area contributed by atoms with Crippen LogP contribution in [0.3, 0.4) is 0 Å². The lowest BCUT2D eigenvalue weighted by atomic mass is 9.89. The van der Waals surface area contributed by atoms with Gasteiger partial charge in [-0.25, -0.2) is 15.4 Å². The van der Waals surface area contributed by atoms with Crippen LogP contribution in [0, 0.1) is 0 Å². The Kier molecular flexibility index (Phi) is 4.86. The lowest BCUT2D eigenvalue weighted by molar-refractivity contribution is -0.161. The Morgan fingerprint density at radius 3 is 2.48 bits per heavy atom. The van der Waals surface area contributed by atoms with Crippen molar-refractivity contribution in [3.05, 3.63) is 65.6 Å². The quantitative estimate of drug-likeness (QED) is 0.632. The molecule has 7 nitrogen and oxygen atoms in total. The minimum Gasteiger partial charge on any atom is -0.494 e. The van der Waals surface area contributed by atoms with Gasteiger partial charge in [0.15, 0.2) is 0 Å². The van der Waals surface area contributed by atoms with Crippen molar-refractivity contribution >= 4 is 22.5 Å². The third-order valence-electron chi connectivity index (χ3n) is 6.27. The summed E-state index contributed by atoms with van der Waals surface area (Å²) in [7, 11) is 3.29. The normalized spacial score (nSPS) is 23.2. The van der Waals surface area contributed by atoms with Gasteiger partial charge in [-0.1, -0.05) is 36.4 Å². The molecule has 2 aromatic carbocycles. The monoisotopic (exact) mass is 457 g/mol. The Hall–Kier alpha value is -3.53.